The van der Waals surface area contributed by atoms with Crippen LogP contribution in [0.3, 0.4) is 0 Å². The van der Waals surface area contributed by atoms with Gasteiger partial charge in [0.05, 0.1) is 0 Å². The second kappa shape index (κ2) is 2.52. The first-order valence-electron chi connectivity index (χ1n) is 2.02. The van der Waals surface area contributed by atoms with E-state index in [1.165, 1.54) is 0 Å². The fourth-order valence-electron chi connectivity index (χ4n) is 0.333. The van der Waals surface area contributed by atoms with Crippen molar-refractivity contribution in [2.45, 2.75) is 0 Å². The zero-order chi connectivity index (χ0) is 5.82. The first-order valence-corrected chi connectivity index (χ1v) is 2.38. The van der Waals surface area contributed by atoms with Gasteiger partial charge in [0, 0.05) is 25.3 Å². The van der Waals surface area contributed by atoms with Gasteiger partial charge in [-0.15, -0.1) is 0 Å². The van der Waals surface area contributed by atoms with E-state index < -0.39 is 0 Å². The molecule has 0 aliphatic carbocycles. The first kappa shape index (κ1) is 5.37. The molecule has 0 saturated carbocycles. The SMILES string of the molecule is SOc1ncccn1. The van der Waals surface area contributed by atoms with E-state index in [0.717, 1.165) is 0 Å². The maximum Gasteiger partial charge on any atom is 0.328 e. The number of rotatable bonds is 1. The number of aromatic nitrogens is 2. The molecule has 0 atom stereocenters. The van der Waals surface area contributed by atoms with Crippen LogP contribution in [0.4, 0.5) is 0 Å². The van der Waals surface area contributed by atoms with E-state index in [1.807, 2.05) is 0 Å². The highest BCUT2D eigenvalue weighted by Gasteiger charge is 1.85. The van der Waals surface area contributed by atoms with Gasteiger partial charge in [-0.3, -0.25) is 0 Å². The van der Waals surface area contributed by atoms with E-state index in [-0.39, 0.29) is 6.01 Å². The molecule has 0 aromatic carbocycles. The molecule has 0 saturated heterocycles. The summed E-state index contributed by atoms with van der Waals surface area (Å²) in [7, 11) is 0. The third kappa shape index (κ3) is 1.10. The summed E-state index contributed by atoms with van der Waals surface area (Å²) in [6.07, 6.45) is 3.16. The molecule has 42 valence electrons. The van der Waals surface area contributed by atoms with E-state index in [9.17, 15) is 0 Å². The molecular weight excluding hydrogens is 124 g/mol. The molecule has 0 unspecified atom stereocenters. The van der Waals surface area contributed by atoms with Gasteiger partial charge in [-0.1, -0.05) is 0 Å². The summed E-state index contributed by atoms with van der Waals surface area (Å²) in [6, 6.07) is 1.98. The molecule has 0 aliphatic rings. The molecule has 0 fully saturated rings. The van der Waals surface area contributed by atoms with E-state index in [2.05, 4.69) is 27.1 Å². The molecule has 8 heavy (non-hydrogen) atoms. The van der Waals surface area contributed by atoms with Crippen LogP contribution in [0.1, 0.15) is 0 Å². The summed E-state index contributed by atoms with van der Waals surface area (Å²) < 4.78 is 4.39. The van der Waals surface area contributed by atoms with Crippen LogP contribution in [0.25, 0.3) is 0 Å². The van der Waals surface area contributed by atoms with Crippen LogP contribution in [0.5, 0.6) is 6.01 Å². The molecule has 0 N–H and O–H groups in total. The maximum atomic E-state index is 4.39. The van der Waals surface area contributed by atoms with Crippen LogP contribution in [-0.4, -0.2) is 9.97 Å². The van der Waals surface area contributed by atoms with Crippen molar-refractivity contribution in [2.75, 3.05) is 0 Å². The molecule has 0 bridgehead atoms. The molecule has 4 heteroatoms. The Morgan fingerprint density at radius 1 is 1.38 bits per heavy atom. The zero-order valence-corrected chi connectivity index (χ0v) is 4.88. The molecule has 0 radical (unpaired) electrons. The van der Waals surface area contributed by atoms with Gasteiger partial charge in [-0.25, -0.2) is 9.97 Å². The number of hydrogen-bond acceptors (Lipinski definition) is 4. The molecule has 3 nitrogen and oxygen atoms in total. The van der Waals surface area contributed by atoms with Crippen LogP contribution < -0.4 is 4.18 Å². The lowest BCUT2D eigenvalue weighted by atomic mass is 10.7. The summed E-state index contributed by atoms with van der Waals surface area (Å²) in [5.74, 6) is 0. The predicted molar refractivity (Wildman–Crippen MR) is 31.6 cm³/mol. The average molecular weight is 128 g/mol. The molecule has 1 rings (SSSR count). The molecule has 0 aliphatic heterocycles. The fourth-order valence-corrected chi connectivity index (χ4v) is 0.427. The van der Waals surface area contributed by atoms with Gasteiger partial charge in [0.1, 0.15) is 0 Å². The Hall–Kier alpha value is -0.770. The third-order valence-corrected chi connectivity index (χ3v) is 0.787. The molecular formula is C4H4N2OS. The largest absolute Gasteiger partial charge is 0.392 e. The molecule has 1 aromatic rings. The lowest BCUT2D eigenvalue weighted by Crippen LogP contribution is -1.82. The van der Waals surface area contributed by atoms with Crippen LogP contribution in [0, 0.1) is 0 Å². The highest BCUT2D eigenvalue weighted by atomic mass is 32.1. The number of nitrogens with zero attached hydrogens (tertiary/aromatic N) is 2. The van der Waals surface area contributed by atoms with Crippen molar-refractivity contribution in [2.24, 2.45) is 0 Å². The smallest absolute Gasteiger partial charge is 0.328 e. The summed E-state index contributed by atoms with van der Waals surface area (Å²) in [4.78, 5) is 7.38. The zero-order valence-electron chi connectivity index (χ0n) is 3.98. The topological polar surface area (TPSA) is 35.0 Å². The molecule has 0 spiro atoms. The van der Waals surface area contributed by atoms with Crippen LogP contribution in [-0.2, 0) is 0 Å². The monoisotopic (exact) mass is 128 g/mol. The van der Waals surface area contributed by atoms with Gasteiger partial charge in [0.2, 0.25) is 0 Å². The average Bonchev–Trinajstić information content (AvgIpc) is 1.90. The Labute approximate surface area is 52.3 Å². The maximum absolute atomic E-state index is 4.39. The minimum atomic E-state index is 0.274. The van der Waals surface area contributed by atoms with E-state index in [4.69, 9.17) is 0 Å². The van der Waals surface area contributed by atoms with Gasteiger partial charge >= 0.3 is 6.01 Å². The Kier molecular flexibility index (Phi) is 1.69. The molecule has 1 heterocycles. The van der Waals surface area contributed by atoms with Crippen molar-refractivity contribution < 1.29 is 4.18 Å². The normalized spacial score (nSPS) is 8.62. The quantitative estimate of drug-likeness (QED) is 0.446. The van der Waals surface area contributed by atoms with E-state index in [1.54, 1.807) is 18.5 Å². The second-order valence-corrected chi connectivity index (χ2v) is 1.31. The summed E-state index contributed by atoms with van der Waals surface area (Å²) >= 11 is 3.49. The van der Waals surface area contributed by atoms with Gasteiger partial charge in [-0.2, -0.15) is 0 Å². The number of hydrogen-bond donors (Lipinski definition) is 1. The highest BCUT2D eigenvalue weighted by Crippen LogP contribution is 1.97. The van der Waals surface area contributed by atoms with E-state index in [0.29, 0.717) is 0 Å². The Morgan fingerprint density at radius 2 is 2.00 bits per heavy atom. The van der Waals surface area contributed by atoms with Crippen molar-refractivity contribution >= 4 is 12.9 Å². The fraction of sp³-hybridized carbons (Fsp3) is 0. The van der Waals surface area contributed by atoms with Crippen LogP contribution >= 0.6 is 12.9 Å². The van der Waals surface area contributed by atoms with Crippen molar-refractivity contribution in [3.8, 4) is 6.01 Å². The highest BCUT2D eigenvalue weighted by molar-refractivity contribution is 7.75. The first-order chi connectivity index (χ1) is 3.93. The Morgan fingerprint density at radius 3 is 2.38 bits per heavy atom. The van der Waals surface area contributed by atoms with Gasteiger partial charge in [0.15, 0.2) is 0 Å². The summed E-state index contributed by atoms with van der Waals surface area (Å²) in [5.41, 5.74) is 0. The van der Waals surface area contributed by atoms with Gasteiger partial charge in [0.25, 0.3) is 0 Å². The molecule has 0 amide bonds. The number of thiol groups is 1. The van der Waals surface area contributed by atoms with Crippen LogP contribution in [0.2, 0.25) is 0 Å². The van der Waals surface area contributed by atoms with Crippen molar-refractivity contribution in [1.29, 1.82) is 0 Å². The minimum absolute atomic E-state index is 0.274. The standard InChI is InChI=1S/C4H4N2OS/c8-7-4-5-2-1-3-6-4/h1-3,8H. The van der Waals surface area contributed by atoms with Crippen molar-refractivity contribution in [3.05, 3.63) is 18.5 Å². The summed E-state index contributed by atoms with van der Waals surface area (Å²) in [6.45, 7) is 0. The predicted octanol–water partition coefficient (Wildman–Crippen LogP) is 0.700. The lowest BCUT2D eigenvalue weighted by Gasteiger charge is -1.88. The van der Waals surface area contributed by atoms with Crippen molar-refractivity contribution in [1.82, 2.24) is 9.97 Å². The van der Waals surface area contributed by atoms with Gasteiger partial charge < -0.3 is 4.18 Å². The Bertz CT molecular complexity index is 155. The van der Waals surface area contributed by atoms with E-state index >= 15 is 0 Å². The third-order valence-electron chi connectivity index (χ3n) is 0.624. The second-order valence-electron chi connectivity index (χ2n) is 1.12. The molecule has 1 aromatic heterocycles. The van der Waals surface area contributed by atoms with Crippen LogP contribution in [0.15, 0.2) is 18.5 Å². The van der Waals surface area contributed by atoms with Gasteiger partial charge in [-0.05, 0) is 6.07 Å². The summed E-state index contributed by atoms with van der Waals surface area (Å²) in [5, 5.41) is 0. The Balaban J connectivity index is 2.83. The lowest BCUT2D eigenvalue weighted by molar-refractivity contribution is 0.594. The minimum Gasteiger partial charge on any atom is -0.392 e. The van der Waals surface area contributed by atoms with Crippen molar-refractivity contribution in [3.63, 3.8) is 0 Å².